The zero-order chi connectivity index (χ0) is 26.0. The third-order valence-electron chi connectivity index (χ3n) is 6.57. The highest BCUT2D eigenvalue weighted by Crippen LogP contribution is 2.35. The fourth-order valence-corrected chi connectivity index (χ4v) is 4.77. The Morgan fingerprint density at radius 2 is 1.76 bits per heavy atom. The van der Waals surface area contributed by atoms with Crippen LogP contribution < -0.4 is 10.1 Å². The van der Waals surface area contributed by atoms with E-state index < -0.39 is 17.7 Å². The van der Waals surface area contributed by atoms with Crippen molar-refractivity contribution in [2.45, 2.75) is 38.4 Å². The average molecular weight is 504 g/mol. The maximum Gasteiger partial charge on any atom is 0.352 e. The standard InChI is InChI=1S/C28H29N3O6/c1-28(2)36-26(32)24(27(33)37-28)25(31-13-11-19(12-14-31)18-7-5-4-6-8-18)30-20-9-10-21(22(15-20)34-3)23-16-29-17-35-23/h4-10,15-17,19,30H,11-14H2,1-3H3. The van der Waals surface area contributed by atoms with Crippen LogP contribution in [0.3, 0.4) is 0 Å². The van der Waals surface area contributed by atoms with Crippen molar-refractivity contribution in [3.05, 3.63) is 78.1 Å². The van der Waals surface area contributed by atoms with Gasteiger partial charge in [-0.05, 0) is 36.5 Å². The lowest BCUT2D eigenvalue weighted by Crippen LogP contribution is -2.45. The van der Waals surface area contributed by atoms with Gasteiger partial charge in [0.2, 0.25) is 0 Å². The molecule has 1 N–H and O–H groups in total. The van der Waals surface area contributed by atoms with Gasteiger partial charge in [-0.3, -0.25) is 0 Å². The number of methoxy groups -OCH3 is 1. The van der Waals surface area contributed by atoms with Crippen molar-refractivity contribution in [1.82, 2.24) is 9.88 Å². The highest BCUT2D eigenvalue weighted by molar-refractivity contribution is 6.16. The summed E-state index contributed by atoms with van der Waals surface area (Å²) in [4.78, 5) is 32.0. The molecule has 0 radical (unpaired) electrons. The van der Waals surface area contributed by atoms with Crippen molar-refractivity contribution in [1.29, 1.82) is 0 Å². The Morgan fingerprint density at radius 1 is 1.05 bits per heavy atom. The van der Waals surface area contributed by atoms with Crippen LogP contribution in [0.2, 0.25) is 0 Å². The minimum absolute atomic E-state index is 0.157. The number of esters is 2. The number of hydrogen-bond donors (Lipinski definition) is 1. The van der Waals surface area contributed by atoms with Crippen molar-refractivity contribution in [3.63, 3.8) is 0 Å². The fourth-order valence-electron chi connectivity index (χ4n) is 4.77. The first kappa shape index (κ1) is 24.4. The number of hydrogen-bond acceptors (Lipinski definition) is 9. The van der Waals surface area contributed by atoms with E-state index in [9.17, 15) is 9.59 Å². The summed E-state index contributed by atoms with van der Waals surface area (Å²) in [5.74, 6) is -0.917. The number of benzene rings is 2. The molecule has 0 unspecified atom stereocenters. The van der Waals surface area contributed by atoms with E-state index in [-0.39, 0.29) is 5.57 Å². The van der Waals surface area contributed by atoms with Crippen LogP contribution in [0.4, 0.5) is 5.69 Å². The molecule has 0 atom stereocenters. The van der Waals surface area contributed by atoms with Gasteiger partial charge in [0.05, 0.1) is 18.9 Å². The van der Waals surface area contributed by atoms with Gasteiger partial charge in [-0.2, -0.15) is 0 Å². The summed E-state index contributed by atoms with van der Waals surface area (Å²) in [6, 6.07) is 15.8. The average Bonchev–Trinajstić information content (AvgIpc) is 3.42. The Labute approximate surface area is 215 Å². The third-order valence-corrected chi connectivity index (χ3v) is 6.57. The molecule has 9 nitrogen and oxygen atoms in total. The van der Waals surface area contributed by atoms with E-state index in [0.717, 1.165) is 18.4 Å². The molecule has 3 aromatic rings. The first-order valence-electron chi connectivity index (χ1n) is 12.2. The second kappa shape index (κ2) is 10.0. The van der Waals surface area contributed by atoms with Gasteiger partial charge in [-0.25, -0.2) is 14.6 Å². The molecule has 9 heteroatoms. The Kier molecular flexibility index (Phi) is 6.60. The smallest absolute Gasteiger partial charge is 0.352 e. The maximum absolute atomic E-state index is 13.0. The monoisotopic (exact) mass is 503 g/mol. The number of piperidine rings is 1. The molecule has 2 aliphatic heterocycles. The van der Waals surface area contributed by atoms with E-state index in [1.165, 1.54) is 25.8 Å². The lowest BCUT2D eigenvalue weighted by atomic mass is 9.89. The van der Waals surface area contributed by atoms with Crippen molar-refractivity contribution < 1.29 is 28.2 Å². The molecule has 0 aliphatic carbocycles. The van der Waals surface area contributed by atoms with Gasteiger partial charge in [0.1, 0.15) is 11.6 Å². The van der Waals surface area contributed by atoms with E-state index >= 15 is 0 Å². The normalized spacial score (nSPS) is 17.7. The van der Waals surface area contributed by atoms with Crippen molar-refractivity contribution in [3.8, 4) is 17.1 Å². The molecule has 2 fully saturated rings. The van der Waals surface area contributed by atoms with Gasteiger partial charge < -0.3 is 28.8 Å². The Bertz CT molecular complexity index is 1290. The number of carbonyl (C=O) groups excluding carboxylic acids is 2. The number of anilines is 1. The van der Waals surface area contributed by atoms with E-state index in [1.807, 2.05) is 35.2 Å². The second-order valence-electron chi connectivity index (χ2n) is 9.48. The van der Waals surface area contributed by atoms with Crippen LogP contribution in [0.5, 0.6) is 5.75 Å². The van der Waals surface area contributed by atoms with Crippen LogP contribution in [-0.2, 0) is 19.1 Å². The number of nitrogens with zero attached hydrogens (tertiary/aromatic N) is 2. The summed E-state index contributed by atoms with van der Waals surface area (Å²) in [6.45, 7) is 4.35. The maximum atomic E-state index is 13.0. The predicted molar refractivity (Wildman–Crippen MR) is 135 cm³/mol. The molecule has 0 amide bonds. The van der Waals surface area contributed by atoms with Gasteiger partial charge >= 0.3 is 11.9 Å². The Balaban J connectivity index is 1.47. The highest BCUT2D eigenvalue weighted by atomic mass is 16.7. The first-order valence-corrected chi connectivity index (χ1v) is 12.2. The molecular formula is C28H29N3O6. The SMILES string of the molecule is COc1cc(NC(=C2C(=O)OC(C)(C)OC2=O)N2CCC(c3ccccc3)CC2)ccc1-c1cnco1. The number of rotatable bonds is 6. The quantitative estimate of drug-likeness (QED) is 0.291. The second-order valence-corrected chi connectivity index (χ2v) is 9.48. The van der Waals surface area contributed by atoms with E-state index in [4.69, 9.17) is 18.6 Å². The van der Waals surface area contributed by atoms with Crippen LogP contribution in [0.15, 0.2) is 76.9 Å². The molecule has 2 aliphatic rings. The largest absolute Gasteiger partial charge is 0.496 e. The molecule has 2 aromatic carbocycles. The van der Waals surface area contributed by atoms with Crippen LogP contribution in [0, 0.1) is 0 Å². The Hall–Kier alpha value is -4.27. The van der Waals surface area contributed by atoms with E-state index in [0.29, 0.717) is 42.0 Å². The zero-order valence-corrected chi connectivity index (χ0v) is 21.0. The number of oxazole rings is 1. The topological polar surface area (TPSA) is 103 Å². The fraction of sp³-hybridized carbons (Fsp3) is 0.321. The summed E-state index contributed by atoms with van der Waals surface area (Å²) in [6.07, 6.45) is 4.69. The molecule has 1 aromatic heterocycles. The number of likely N-dealkylation sites (tertiary alicyclic amines) is 1. The molecular weight excluding hydrogens is 474 g/mol. The number of nitrogens with one attached hydrogen (secondary N) is 1. The van der Waals surface area contributed by atoms with Gasteiger partial charge in [0.15, 0.2) is 17.7 Å². The molecule has 0 saturated carbocycles. The minimum Gasteiger partial charge on any atom is -0.496 e. The van der Waals surface area contributed by atoms with Crippen molar-refractivity contribution in [2.24, 2.45) is 0 Å². The zero-order valence-electron chi connectivity index (χ0n) is 21.0. The molecule has 3 heterocycles. The highest BCUT2D eigenvalue weighted by Gasteiger charge is 2.42. The summed E-state index contributed by atoms with van der Waals surface area (Å²) in [5, 5.41) is 3.29. The molecule has 0 spiro atoms. The van der Waals surface area contributed by atoms with Gasteiger partial charge in [-0.15, -0.1) is 0 Å². The van der Waals surface area contributed by atoms with Gasteiger partial charge in [0.25, 0.3) is 5.79 Å². The number of aromatic nitrogens is 1. The lowest BCUT2D eigenvalue weighted by Gasteiger charge is -2.38. The minimum atomic E-state index is -1.33. The van der Waals surface area contributed by atoms with Crippen molar-refractivity contribution >= 4 is 17.6 Å². The van der Waals surface area contributed by atoms with Gasteiger partial charge in [-0.1, -0.05) is 30.3 Å². The van der Waals surface area contributed by atoms with Gasteiger partial charge in [0, 0.05) is 38.7 Å². The number of carbonyl (C=O) groups is 2. The van der Waals surface area contributed by atoms with Crippen LogP contribution in [0.1, 0.15) is 38.2 Å². The van der Waals surface area contributed by atoms with Crippen LogP contribution in [-0.4, -0.2) is 47.8 Å². The molecule has 192 valence electrons. The molecule has 0 bridgehead atoms. The summed E-state index contributed by atoms with van der Waals surface area (Å²) >= 11 is 0. The number of cyclic esters (lactones) is 2. The number of ether oxygens (including phenoxy) is 3. The van der Waals surface area contributed by atoms with E-state index in [2.05, 4.69) is 22.4 Å². The lowest BCUT2D eigenvalue weighted by molar-refractivity contribution is -0.222. The van der Waals surface area contributed by atoms with Crippen LogP contribution in [0.25, 0.3) is 11.3 Å². The van der Waals surface area contributed by atoms with E-state index in [1.54, 1.807) is 19.4 Å². The predicted octanol–water partition coefficient (Wildman–Crippen LogP) is 4.69. The molecule has 5 rings (SSSR count). The molecule has 37 heavy (non-hydrogen) atoms. The summed E-state index contributed by atoms with van der Waals surface area (Å²) in [5.41, 5.74) is 2.48. The first-order chi connectivity index (χ1) is 17.8. The van der Waals surface area contributed by atoms with Crippen LogP contribution >= 0.6 is 0 Å². The Morgan fingerprint density at radius 3 is 2.38 bits per heavy atom. The molecule has 2 saturated heterocycles. The summed E-state index contributed by atoms with van der Waals surface area (Å²) in [7, 11) is 1.56. The summed E-state index contributed by atoms with van der Waals surface area (Å²) < 4.78 is 21.8. The van der Waals surface area contributed by atoms with Crippen molar-refractivity contribution in [2.75, 3.05) is 25.5 Å². The third kappa shape index (κ3) is 5.16.